The lowest BCUT2D eigenvalue weighted by Crippen LogP contribution is -2.22. The normalized spacial score (nSPS) is 17.5. The zero-order valence-electron chi connectivity index (χ0n) is 17.1. The smallest absolute Gasteiger partial charge is 0.338 e. The molecule has 1 heterocycles. The van der Waals surface area contributed by atoms with E-state index in [4.69, 9.17) is 14.2 Å². The molecule has 0 radical (unpaired) electrons. The summed E-state index contributed by atoms with van der Waals surface area (Å²) in [4.78, 5) is 12.2. The van der Waals surface area contributed by atoms with Gasteiger partial charge in [-0.05, 0) is 59.9 Å². The SMILES string of the molecule is COC(=O)c1cc(C/C=C/COC2CCCCO2)c2ccc(C(C)C)ccc1-2. The number of hydrogen-bond donors (Lipinski definition) is 0. The van der Waals surface area contributed by atoms with Gasteiger partial charge in [-0.2, -0.15) is 0 Å². The molecule has 1 atom stereocenters. The highest BCUT2D eigenvalue weighted by molar-refractivity contribution is 6.00. The van der Waals surface area contributed by atoms with Gasteiger partial charge in [0, 0.05) is 6.61 Å². The number of carbonyl (C=O) groups excluding carboxylic acids is 1. The lowest BCUT2D eigenvalue weighted by Gasteiger charge is -2.21. The van der Waals surface area contributed by atoms with Crippen LogP contribution in [-0.2, 0) is 20.6 Å². The number of ether oxygens (including phenoxy) is 3. The first kappa shape index (κ1) is 20.6. The summed E-state index contributed by atoms with van der Waals surface area (Å²) >= 11 is 0. The molecule has 0 aromatic heterocycles. The molecule has 0 N–H and O–H groups in total. The van der Waals surface area contributed by atoms with Crippen molar-refractivity contribution in [3.63, 3.8) is 0 Å². The van der Waals surface area contributed by atoms with Gasteiger partial charge in [0.1, 0.15) is 0 Å². The fourth-order valence-electron chi connectivity index (χ4n) is 3.56. The minimum absolute atomic E-state index is 0.0717. The van der Waals surface area contributed by atoms with E-state index in [9.17, 15) is 4.79 Å². The number of hydrogen-bond acceptors (Lipinski definition) is 4. The van der Waals surface area contributed by atoms with Gasteiger partial charge in [-0.25, -0.2) is 4.79 Å². The Balaban J connectivity index is 1.74. The molecule has 0 bridgehead atoms. The Hall–Kier alpha value is -2.17. The van der Waals surface area contributed by atoms with Crippen molar-refractivity contribution in [2.75, 3.05) is 20.3 Å². The van der Waals surface area contributed by atoms with E-state index >= 15 is 0 Å². The van der Waals surface area contributed by atoms with E-state index in [0.717, 1.165) is 42.6 Å². The summed E-state index contributed by atoms with van der Waals surface area (Å²) in [6.07, 6.45) is 8.05. The van der Waals surface area contributed by atoms with E-state index in [-0.39, 0.29) is 12.3 Å². The van der Waals surface area contributed by atoms with Crippen LogP contribution in [0.25, 0.3) is 11.1 Å². The fourth-order valence-corrected chi connectivity index (χ4v) is 3.56. The Morgan fingerprint density at radius 3 is 2.64 bits per heavy atom. The van der Waals surface area contributed by atoms with Crippen LogP contribution in [0.3, 0.4) is 0 Å². The first-order chi connectivity index (χ1) is 13.6. The molecule has 0 spiro atoms. The van der Waals surface area contributed by atoms with Crippen LogP contribution >= 0.6 is 0 Å². The molecule has 0 aromatic carbocycles. The Kier molecular flexibility index (Phi) is 7.24. The van der Waals surface area contributed by atoms with Crippen LogP contribution in [0, 0.1) is 0 Å². The van der Waals surface area contributed by atoms with Crippen LogP contribution in [0.2, 0.25) is 0 Å². The summed E-state index contributed by atoms with van der Waals surface area (Å²) < 4.78 is 16.3. The average Bonchev–Trinajstić information content (AvgIpc) is 2.90. The van der Waals surface area contributed by atoms with Gasteiger partial charge in [0.05, 0.1) is 19.3 Å². The molecule has 28 heavy (non-hydrogen) atoms. The second-order valence-electron chi connectivity index (χ2n) is 7.53. The van der Waals surface area contributed by atoms with Crippen molar-refractivity contribution < 1.29 is 19.0 Å². The quantitative estimate of drug-likeness (QED) is 0.479. The fraction of sp³-hybridized carbons (Fsp3) is 0.458. The Morgan fingerprint density at radius 2 is 1.96 bits per heavy atom. The van der Waals surface area contributed by atoms with Crippen LogP contribution in [-0.4, -0.2) is 32.6 Å². The van der Waals surface area contributed by atoms with Crippen LogP contribution < -0.4 is 0 Å². The first-order valence-electron chi connectivity index (χ1n) is 10.1. The zero-order chi connectivity index (χ0) is 19.9. The van der Waals surface area contributed by atoms with E-state index in [1.54, 1.807) is 0 Å². The van der Waals surface area contributed by atoms with Crippen molar-refractivity contribution in [2.24, 2.45) is 0 Å². The topological polar surface area (TPSA) is 44.8 Å². The number of methoxy groups -OCH3 is 1. The van der Waals surface area contributed by atoms with E-state index in [0.29, 0.717) is 18.1 Å². The third kappa shape index (κ3) is 5.00. The predicted molar refractivity (Wildman–Crippen MR) is 111 cm³/mol. The van der Waals surface area contributed by atoms with Gasteiger partial charge in [0.25, 0.3) is 0 Å². The van der Waals surface area contributed by atoms with Crippen molar-refractivity contribution >= 4 is 5.97 Å². The van der Waals surface area contributed by atoms with Crippen molar-refractivity contribution in [1.29, 1.82) is 0 Å². The first-order valence-corrected chi connectivity index (χ1v) is 10.1. The molecular formula is C24H30O4. The minimum Gasteiger partial charge on any atom is -0.465 e. The molecule has 0 amide bonds. The number of rotatable bonds is 7. The molecule has 3 rings (SSSR count). The molecule has 0 aromatic rings. The van der Waals surface area contributed by atoms with Gasteiger partial charge in [0.15, 0.2) is 6.29 Å². The molecule has 1 saturated heterocycles. The lowest BCUT2D eigenvalue weighted by atomic mass is 10.1. The third-order valence-electron chi connectivity index (χ3n) is 5.22. The highest BCUT2D eigenvalue weighted by Gasteiger charge is 2.20. The molecular weight excluding hydrogens is 352 g/mol. The summed E-state index contributed by atoms with van der Waals surface area (Å²) in [6.45, 7) is 5.67. The van der Waals surface area contributed by atoms with Crippen molar-refractivity contribution in [2.45, 2.75) is 51.7 Å². The molecule has 1 fully saturated rings. The van der Waals surface area contributed by atoms with Gasteiger partial charge in [-0.3, -0.25) is 0 Å². The van der Waals surface area contributed by atoms with Crippen LogP contribution in [0.5, 0.6) is 0 Å². The van der Waals surface area contributed by atoms with Crippen molar-refractivity contribution in [1.82, 2.24) is 0 Å². The number of allylic oxidation sites excluding steroid dienone is 1. The van der Waals surface area contributed by atoms with Gasteiger partial charge in [-0.15, -0.1) is 0 Å². The maximum absolute atomic E-state index is 12.2. The third-order valence-corrected chi connectivity index (χ3v) is 5.22. The Morgan fingerprint density at radius 1 is 1.18 bits per heavy atom. The van der Waals surface area contributed by atoms with E-state index in [1.165, 1.54) is 19.1 Å². The Labute approximate surface area is 167 Å². The van der Waals surface area contributed by atoms with Gasteiger partial charge < -0.3 is 14.2 Å². The average molecular weight is 383 g/mol. The zero-order valence-corrected chi connectivity index (χ0v) is 17.1. The van der Waals surface area contributed by atoms with Gasteiger partial charge >= 0.3 is 5.97 Å². The molecule has 4 nitrogen and oxygen atoms in total. The Bertz CT molecular complexity index is 787. The molecule has 1 aliphatic heterocycles. The molecule has 1 unspecified atom stereocenters. The maximum Gasteiger partial charge on any atom is 0.338 e. The van der Waals surface area contributed by atoms with Crippen molar-refractivity contribution in [3.05, 3.63) is 59.2 Å². The second kappa shape index (κ2) is 9.85. The second-order valence-corrected chi connectivity index (χ2v) is 7.53. The standard InChI is InChI=1S/C24H30O4/c1-17(2)18-10-12-20-19(16-22(24(25)26-3)21(20)13-11-18)8-4-6-14-27-23-9-5-7-15-28-23/h4,6,10-13,16-17,23H,5,7-9,14-15H2,1-3H3/b6-4+. The molecule has 150 valence electrons. The summed E-state index contributed by atoms with van der Waals surface area (Å²) in [6, 6.07) is 10.3. The van der Waals surface area contributed by atoms with Crippen LogP contribution in [0.1, 0.15) is 60.5 Å². The molecule has 0 saturated carbocycles. The molecule has 4 heteroatoms. The lowest BCUT2D eigenvalue weighted by molar-refractivity contribution is -0.155. The monoisotopic (exact) mass is 382 g/mol. The van der Waals surface area contributed by atoms with Crippen molar-refractivity contribution in [3.8, 4) is 11.1 Å². The largest absolute Gasteiger partial charge is 0.465 e. The van der Waals surface area contributed by atoms with Gasteiger partial charge in [0.2, 0.25) is 0 Å². The van der Waals surface area contributed by atoms with E-state index in [2.05, 4.69) is 38.1 Å². The highest BCUT2D eigenvalue weighted by Crippen LogP contribution is 2.34. The number of fused-ring (bicyclic) bond motifs is 1. The predicted octanol–water partition coefficient (Wildman–Crippen LogP) is 5.34. The van der Waals surface area contributed by atoms with E-state index < -0.39 is 0 Å². The van der Waals surface area contributed by atoms with E-state index in [1.807, 2.05) is 18.2 Å². The highest BCUT2D eigenvalue weighted by atomic mass is 16.7. The van der Waals surface area contributed by atoms with Crippen LogP contribution in [0.4, 0.5) is 0 Å². The summed E-state index contributed by atoms with van der Waals surface area (Å²) in [5, 5.41) is 0. The number of esters is 1. The molecule has 2 aliphatic carbocycles. The minimum atomic E-state index is -0.296. The number of carbonyl (C=O) groups is 1. The summed E-state index contributed by atoms with van der Waals surface area (Å²) in [5.74, 6) is 0.135. The summed E-state index contributed by atoms with van der Waals surface area (Å²) in [5.41, 5.74) is 5.02. The molecule has 3 aliphatic rings. The van der Waals surface area contributed by atoms with Crippen LogP contribution in [0.15, 0.2) is 42.5 Å². The summed E-state index contributed by atoms with van der Waals surface area (Å²) in [7, 11) is 1.42. The van der Waals surface area contributed by atoms with Gasteiger partial charge in [-0.1, -0.05) is 50.3 Å². The maximum atomic E-state index is 12.2.